The van der Waals surface area contributed by atoms with Gasteiger partial charge in [0.2, 0.25) is 0 Å². The van der Waals surface area contributed by atoms with Gasteiger partial charge in [-0.25, -0.2) is 9.78 Å². The summed E-state index contributed by atoms with van der Waals surface area (Å²) in [5.41, 5.74) is 0.101. The van der Waals surface area contributed by atoms with Gasteiger partial charge in [0.15, 0.2) is 0 Å². The molecular weight excluding hydrogens is 276 g/mol. The van der Waals surface area contributed by atoms with Gasteiger partial charge in [-0.3, -0.25) is 0 Å². The van der Waals surface area contributed by atoms with Gasteiger partial charge in [0, 0.05) is 12.2 Å². The second-order valence-electron chi connectivity index (χ2n) is 5.48. The number of aromatic nitrogens is 1. The van der Waals surface area contributed by atoms with E-state index in [0.717, 1.165) is 18.8 Å². The van der Waals surface area contributed by atoms with Crippen LogP contribution in [0.1, 0.15) is 55.8 Å². The summed E-state index contributed by atoms with van der Waals surface area (Å²) in [5, 5.41) is 12.6. The molecule has 2 rings (SSSR count). The van der Waals surface area contributed by atoms with Crippen molar-refractivity contribution in [1.82, 2.24) is 4.98 Å². The Labute approximate surface area is 124 Å². The van der Waals surface area contributed by atoms with Crippen LogP contribution in [0.15, 0.2) is 12.3 Å². The minimum atomic E-state index is -1.02. The van der Waals surface area contributed by atoms with E-state index in [0.29, 0.717) is 11.9 Å². The van der Waals surface area contributed by atoms with E-state index in [9.17, 15) is 4.79 Å². The lowest BCUT2D eigenvalue weighted by molar-refractivity contribution is 0.0697. The molecule has 110 valence electrons. The quantitative estimate of drug-likeness (QED) is 0.854. The number of carboxylic acids is 1. The number of nitrogens with one attached hydrogen (secondary N) is 1. The van der Waals surface area contributed by atoms with Crippen molar-refractivity contribution in [3.63, 3.8) is 0 Å². The molecule has 0 radical (unpaired) electrons. The van der Waals surface area contributed by atoms with Gasteiger partial charge < -0.3 is 10.4 Å². The average molecular weight is 297 g/mol. The van der Waals surface area contributed by atoms with Crippen LogP contribution >= 0.6 is 11.6 Å². The number of halogens is 1. The van der Waals surface area contributed by atoms with Crippen LogP contribution in [0.4, 0.5) is 5.82 Å². The summed E-state index contributed by atoms with van der Waals surface area (Å²) in [6.45, 7) is 2.23. The first kappa shape index (κ1) is 15.1. The summed E-state index contributed by atoms with van der Waals surface area (Å²) < 4.78 is 0. The molecule has 0 saturated heterocycles. The topological polar surface area (TPSA) is 62.2 Å². The minimum Gasteiger partial charge on any atom is -0.478 e. The SMILES string of the molecule is CCCC1CCC(Nc2nccc(C(=O)O)c2Cl)CC1. The first-order chi connectivity index (χ1) is 9.61. The number of hydrogen-bond donors (Lipinski definition) is 2. The fraction of sp³-hybridized carbons (Fsp3) is 0.600. The standard InChI is InChI=1S/C15H21ClN2O2/c1-2-3-10-4-6-11(7-5-10)18-14-13(16)12(15(19)20)8-9-17-14/h8-11H,2-7H2,1H3,(H,17,18)(H,19,20). The molecule has 0 spiro atoms. The Kier molecular flexibility index (Phi) is 5.24. The predicted octanol–water partition coefficient (Wildman–Crippen LogP) is 4.20. The monoisotopic (exact) mass is 296 g/mol. The molecule has 1 aromatic rings. The molecule has 0 aromatic carbocycles. The largest absolute Gasteiger partial charge is 0.478 e. The molecule has 1 aliphatic rings. The summed E-state index contributed by atoms with van der Waals surface area (Å²) in [7, 11) is 0. The number of aromatic carboxylic acids is 1. The van der Waals surface area contributed by atoms with E-state index in [1.807, 2.05) is 0 Å². The lowest BCUT2D eigenvalue weighted by Crippen LogP contribution is -2.26. The Bertz CT molecular complexity index is 471. The maximum Gasteiger partial charge on any atom is 0.337 e. The molecular formula is C15H21ClN2O2. The number of carbonyl (C=O) groups is 1. The van der Waals surface area contributed by atoms with E-state index in [1.54, 1.807) is 0 Å². The highest BCUT2D eigenvalue weighted by Crippen LogP contribution is 2.31. The summed E-state index contributed by atoms with van der Waals surface area (Å²) in [4.78, 5) is 15.2. The van der Waals surface area contributed by atoms with Gasteiger partial charge in [-0.05, 0) is 37.7 Å². The zero-order valence-corrected chi connectivity index (χ0v) is 12.5. The molecule has 4 nitrogen and oxygen atoms in total. The van der Waals surface area contributed by atoms with Crippen LogP contribution in [0.2, 0.25) is 5.02 Å². The van der Waals surface area contributed by atoms with Crippen LogP contribution in [-0.4, -0.2) is 22.1 Å². The lowest BCUT2D eigenvalue weighted by Gasteiger charge is -2.29. The van der Waals surface area contributed by atoms with Crippen LogP contribution < -0.4 is 5.32 Å². The number of carboxylic acid groups (broad SMARTS) is 1. The fourth-order valence-corrected chi connectivity index (χ4v) is 3.15. The normalized spacial score (nSPS) is 22.5. The average Bonchev–Trinajstić information content (AvgIpc) is 2.43. The van der Waals surface area contributed by atoms with Crippen LogP contribution in [0.5, 0.6) is 0 Å². The van der Waals surface area contributed by atoms with Gasteiger partial charge in [0.25, 0.3) is 0 Å². The van der Waals surface area contributed by atoms with Gasteiger partial charge >= 0.3 is 5.97 Å². The molecule has 0 unspecified atom stereocenters. The molecule has 1 fully saturated rings. The van der Waals surface area contributed by atoms with Crippen LogP contribution in [0, 0.1) is 5.92 Å². The number of nitrogens with zero attached hydrogens (tertiary/aromatic N) is 1. The number of anilines is 1. The van der Waals surface area contributed by atoms with Crippen molar-refractivity contribution < 1.29 is 9.90 Å². The van der Waals surface area contributed by atoms with E-state index in [2.05, 4.69) is 17.2 Å². The molecule has 1 aromatic heterocycles. The molecule has 1 aliphatic carbocycles. The first-order valence-electron chi connectivity index (χ1n) is 7.26. The molecule has 2 N–H and O–H groups in total. The summed E-state index contributed by atoms with van der Waals surface area (Å²) in [5.74, 6) is 0.310. The van der Waals surface area contributed by atoms with Crippen molar-refractivity contribution in [3.05, 3.63) is 22.8 Å². The zero-order chi connectivity index (χ0) is 14.5. The predicted molar refractivity (Wildman–Crippen MR) is 80.5 cm³/mol. The third-order valence-corrected chi connectivity index (χ3v) is 4.39. The van der Waals surface area contributed by atoms with Gasteiger partial charge in [0.1, 0.15) is 5.82 Å². The van der Waals surface area contributed by atoms with Crippen LogP contribution in [-0.2, 0) is 0 Å². The Hall–Kier alpha value is -1.29. The molecule has 0 aliphatic heterocycles. The van der Waals surface area contributed by atoms with Gasteiger partial charge in [-0.2, -0.15) is 0 Å². The van der Waals surface area contributed by atoms with Crippen molar-refractivity contribution in [2.24, 2.45) is 5.92 Å². The third kappa shape index (κ3) is 3.63. The minimum absolute atomic E-state index is 0.101. The van der Waals surface area contributed by atoms with E-state index in [4.69, 9.17) is 16.7 Å². The van der Waals surface area contributed by atoms with Gasteiger partial charge in [-0.1, -0.05) is 31.4 Å². The maximum absolute atomic E-state index is 11.0. The van der Waals surface area contributed by atoms with Gasteiger partial charge in [-0.15, -0.1) is 0 Å². The Morgan fingerprint density at radius 2 is 2.15 bits per heavy atom. The van der Waals surface area contributed by atoms with Gasteiger partial charge in [0.05, 0.1) is 10.6 Å². The fourth-order valence-electron chi connectivity index (χ4n) is 2.91. The first-order valence-corrected chi connectivity index (χ1v) is 7.64. The number of hydrogen-bond acceptors (Lipinski definition) is 3. The van der Waals surface area contributed by atoms with E-state index in [-0.39, 0.29) is 10.6 Å². The highest BCUT2D eigenvalue weighted by atomic mass is 35.5. The summed E-state index contributed by atoms with van der Waals surface area (Å²) >= 11 is 6.10. The summed E-state index contributed by atoms with van der Waals surface area (Å²) in [6.07, 6.45) is 8.68. The molecule has 20 heavy (non-hydrogen) atoms. The molecule has 0 bridgehead atoms. The Morgan fingerprint density at radius 1 is 1.45 bits per heavy atom. The van der Waals surface area contributed by atoms with Crippen molar-refractivity contribution in [2.45, 2.75) is 51.5 Å². The summed E-state index contributed by atoms with van der Waals surface area (Å²) in [6, 6.07) is 1.77. The van der Waals surface area contributed by atoms with E-state index >= 15 is 0 Å². The van der Waals surface area contributed by atoms with E-state index in [1.165, 1.54) is 37.9 Å². The lowest BCUT2D eigenvalue weighted by atomic mass is 9.83. The molecule has 1 saturated carbocycles. The molecule has 1 heterocycles. The Morgan fingerprint density at radius 3 is 2.75 bits per heavy atom. The number of rotatable bonds is 5. The maximum atomic E-state index is 11.0. The second-order valence-corrected chi connectivity index (χ2v) is 5.85. The van der Waals surface area contributed by atoms with Crippen molar-refractivity contribution in [2.75, 3.05) is 5.32 Å². The van der Waals surface area contributed by atoms with Crippen molar-refractivity contribution in [3.8, 4) is 0 Å². The number of pyridine rings is 1. The highest BCUT2D eigenvalue weighted by Gasteiger charge is 2.22. The van der Waals surface area contributed by atoms with Crippen LogP contribution in [0.3, 0.4) is 0 Å². The molecule has 0 amide bonds. The Balaban J connectivity index is 1.98. The van der Waals surface area contributed by atoms with Crippen molar-refractivity contribution in [1.29, 1.82) is 0 Å². The highest BCUT2D eigenvalue weighted by molar-refractivity contribution is 6.35. The molecule has 0 atom stereocenters. The zero-order valence-electron chi connectivity index (χ0n) is 11.7. The second kappa shape index (κ2) is 6.93. The van der Waals surface area contributed by atoms with Crippen molar-refractivity contribution >= 4 is 23.4 Å². The smallest absolute Gasteiger partial charge is 0.337 e. The van der Waals surface area contributed by atoms with E-state index < -0.39 is 5.97 Å². The third-order valence-electron chi connectivity index (χ3n) is 4.00. The molecule has 5 heteroatoms. The van der Waals surface area contributed by atoms with Crippen LogP contribution in [0.25, 0.3) is 0 Å².